The minimum Gasteiger partial charge on any atom is -0.323 e. The van der Waals surface area contributed by atoms with Gasteiger partial charge in [0.05, 0.1) is 32.4 Å². The van der Waals surface area contributed by atoms with Crippen LogP contribution in [0.3, 0.4) is 0 Å². The van der Waals surface area contributed by atoms with Gasteiger partial charge in [-0.05, 0) is 40.9 Å². The van der Waals surface area contributed by atoms with Crippen LogP contribution < -0.4 is 5.32 Å². The number of para-hydroxylation sites is 1. The Kier molecular flexibility index (Phi) is 5.55. The first kappa shape index (κ1) is 19.5. The van der Waals surface area contributed by atoms with Crippen LogP contribution in [0.25, 0.3) is 0 Å². The summed E-state index contributed by atoms with van der Waals surface area (Å²) >= 11 is 15.0. The second kappa shape index (κ2) is 7.40. The van der Waals surface area contributed by atoms with Crippen molar-refractivity contribution in [2.24, 2.45) is 0 Å². The van der Waals surface area contributed by atoms with E-state index in [1.54, 1.807) is 18.2 Å². The van der Waals surface area contributed by atoms with Gasteiger partial charge in [0, 0.05) is 12.3 Å². The van der Waals surface area contributed by atoms with E-state index in [1.807, 2.05) is 0 Å². The summed E-state index contributed by atoms with van der Waals surface area (Å²) in [6.45, 7) is 0.0222. The average molecular weight is 471 g/mol. The minimum absolute atomic E-state index is 0.0222. The molecule has 1 saturated carbocycles. The van der Waals surface area contributed by atoms with E-state index in [2.05, 4.69) is 26.3 Å². The van der Waals surface area contributed by atoms with E-state index >= 15 is 0 Å². The van der Waals surface area contributed by atoms with Crippen molar-refractivity contribution >= 4 is 50.7 Å². The molecule has 0 aliphatic heterocycles. The number of nitrogens with one attached hydrogen (secondary N) is 1. The molecule has 1 amide bonds. The van der Waals surface area contributed by atoms with Crippen molar-refractivity contribution in [2.45, 2.75) is 37.9 Å². The molecule has 0 unspecified atom stereocenters. The highest BCUT2D eigenvalue weighted by molar-refractivity contribution is 9.10. The van der Waals surface area contributed by atoms with Gasteiger partial charge in [-0.15, -0.1) is 0 Å². The predicted octanol–water partition coefficient (Wildman–Crippen LogP) is 5.88. The monoisotopic (exact) mass is 469 g/mol. The topological polar surface area (TPSA) is 46.9 Å². The lowest BCUT2D eigenvalue weighted by atomic mass is 10.2. The molecule has 0 atom stereocenters. The Bertz CT molecular complexity index is 830. The molecule has 1 N–H and O–H groups in total. The summed E-state index contributed by atoms with van der Waals surface area (Å²) in [5, 5.41) is 6.82. The van der Waals surface area contributed by atoms with E-state index in [1.165, 1.54) is 4.68 Å². The molecule has 1 aliphatic carbocycles. The van der Waals surface area contributed by atoms with Crippen LogP contribution in [0.4, 0.5) is 18.9 Å². The van der Waals surface area contributed by atoms with Crippen LogP contribution in [0.15, 0.2) is 22.7 Å². The normalized spacial score (nSPS) is 14.5. The maximum Gasteiger partial charge on any atom is 0.436 e. The summed E-state index contributed by atoms with van der Waals surface area (Å²) in [4.78, 5) is 12.2. The second-order valence-electron chi connectivity index (χ2n) is 5.94. The molecule has 1 aliphatic rings. The molecule has 1 aromatic heterocycles. The number of hydrogen-bond donors (Lipinski definition) is 1. The average Bonchev–Trinajstić information content (AvgIpc) is 3.31. The summed E-state index contributed by atoms with van der Waals surface area (Å²) < 4.78 is 40.5. The van der Waals surface area contributed by atoms with Crippen LogP contribution in [-0.4, -0.2) is 15.7 Å². The third-order valence-corrected chi connectivity index (χ3v) is 5.35. The number of aryl methyl sites for hydroxylation is 1. The molecule has 1 heterocycles. The van der Waals surface area contributed by atoms with Gasteiger partial charge in [-0.2, -0.15) is 18.3 Å². The highest BCUT2D eigenvalue weighted by atomic mass is 79.9. The van der Waals surface area contributed by atoms with E-state index in [-0.39, 0.29) is 39.1 Å². The third-order valence-electron chi connectivity index (χ3n) is 3.94. The van der Waals surface area contributed by atoms with Gasteiger partial charge >= 0.3 is 6.18 Å². The van der Waals surface area contributed by atoms with E-state index < -0.39 is 17.8 Å². The number of halogens is 6. The largest absolute Gasteiger partial charge is 0.436 e. The first-order valence-electron chi connectivity index (χ1n) is 7.75. The van der Waals surface area contributed by atoms with Gasteiger partial charge in [-0.1, -0.05) is 29.3 Å². The Balaban J connectivity index is 1.74. The van der Waals surface area contributed by atoms with Crippen molar-refractivity contribution in [2.75, 3.05) is 5.32 Å². The summed E-state index contributed by atoms with van der Waals surface area (Å²) in [5.41, 5.74) is -0.198. The minimum atomic E-state index is -4.55. The molecule has 0 saturated heterocycles. The van der Waals surface area contributed by atoms with Gasteiger partial charge in [0.2, 0.25) is 5.91 Å². The van der Waals surface area contributed by atoms with Crippen LogP contribution >= 0.6 is 39.1 Å². The molecule has 140 valence electrons. The zero-order chi connectivity index (χ0) is 19.1. The fourth-order valence-corrected chi connectivity index (χ4v) is 3.90. The summed E-state index contributed by atoms with van der Waals surface area (Å²) in [7, 11) is 0. The van der Waals surface area contributed by atoms with E-state index in [9.17, 15) is 18.0 Å². The standard InChI is InChI=1S/C16H13BrCl2F3N3O/c17-12-14(8-4-5-8)25(24-15(12)16(20,21)22)7-6-11(26)23-13-9(18)2-1-3-10(13)19/h1-3,8H,4-7H2,(H,23,26). The summed E-state index contributed by atoms with van der Waals surface area (Å²) in [6, 6.07) is 4.80. The number of alkyl halides is 3. The molecule has 4 nitrogen and oxygen atoms in total. The lowest BCUT2D eigenvalue weighted by molar-refractivity contribution is -0.142. The van der Waals surface area contributed by atoms with Gasteiger partial charge in [0.1, 0.15) is 0 Å². The molecular weight excluding hydrogens is 458 g/mol. The number of aromatic nitrogens is 2. The number of benzene rings is 1. The lowest BCUT2D eigenvalue weighted by Crippen LogP contribution is -2.17. The molecule has 0 spiro atoms. The molecule has 26 heavy (non-hydrogen) atoms. The summed E-state index contributed by atoms with van der Waals surface area (Å²) in [6.07, 6.45) is -3.00. The number of nitrogens with zero attached hydrogens (tertiary/aromatic N) is 2. The van der Waals surface area contributed by atoms with Gasteiger partial charge in [0.15, 0.2) is 5.69 Å². The molecule has 1 fully saturated rings. The Morgan fingerprint density at radius 3 is 2.46 bits per heavy atom. The maximum atomic E-state index is 13.1. The van der Waals surface area contributed by atoms with Gasteiger partial charge in [-0.25, -0.2) is 0 Å². The van der Waals surface area contributed by atoms with Crippen LogP contribution in [0.5, 0.6) is 0 Å². The predicted molar refractivity (Wildman–Crippen MR) is 96.6 cm³/mol. The van der Waals surface area contributed by atoms with Crippen molar-refractivity contribution in [1.82, 2.24) is 9.78 Å². The Morgan fingerprint density at radius 1 is 1.31 bits per heavy atom. The zero-order valence-electron chi connectivity index (χ0n) is 13.2. The molecule has 0 radical (unpaired) electrons. The summed E-state index contributed by atoms with van der Waals surface area (Å²) in [5.74, 6) is -0.379. The van der Waals surface area contributed by atoms with Gasteiger partial charge < -0.3 is 5.32 Å². The van der Waals surface area contributed by atoms with Crippen LogP contribution in [0.2, 0.25) is 10.0 Å². The third kappa shape index (κ3) is 4.18. The number of rotatable bonds is 5. The first-order valence-corrected chi connectivity index (χ1v) is 9.30. The maximum absolute atomic E-state index is 13.1. The lowest BCUT2D eigenvalue weighted by Gasteiger charge is -2.10. The van der Waals surface area contributed by atoms with Crippen molar-refractivity contribution in [1.29, 1.82) is 0 Å². The van der Waals surface area contributed by atoms with Crippen LogP contribution in [-0.2, 0) is 17.5 Å². The highest BCUT2D eigenvalue weighted by Crippen LogP contribution is 2.47. The van der Waals surface area contributed by atoms with E-state index in [0.29, 0.717) is 5.69 Å². The molecule has 10 heteroatoms. The number of carbonyl (C=O) groups excluding carboxylic acids is 1. The van der Waals surface area contributed by atoms with Crippen molar-refractivity contribution < 1.29 is 18.0 Å². The van der Waals surface area contributed by atoms with Crippen molar-refractivity contribution in [3.05, 3.63) is 44.1 Å². The molecular formula is C16H13BrCl2F3N3O. The molecule has 0 bridgehead atoms. The van der Waals surface area contributed by atoms with E-state index in [4.69, 9.17) is 23.2 Å². The second-order valence-corrected chi connectivity index (χ2v) is 7.55. The van der Waals surface area contributed by atoms with Crippen LogP contribution in [0.1, 0.15) is 36.6 Å². The molecule has 2 aromatic rings. The smallest absolute Gasteiger partial charge is 0.323 e. The van der Waals surface area contributed by atoms with Crippen LogP contribution in [0, 0.1) is 0 Å². The zero-order valence-corrected chi connectivity index (χ0v) is 16.3. The Labute approximate surface area is 165 Å². The van der Waals surface area contributed by atoms with Gasteiger partial charge in [-0.3, -0.25) is 9.48 Å². The quantitative estimate of drug-likeness (QED) is 0.593. The Morgan fingerprint density at radius 2 is 1.92 bits per heavy atom. The first-order chi connectivity index (χ1) is 12.2. The number of amides is 1. The highest BCUT2D eigenvalue weighted by Gasteiger charge is 2.41. The molecule has 1 aromatic carbocycles. The molecule has 3 rings (SSSR count). The number of anilines is 1. The van der Waals surface area contributed by atoms with E-state index in [0.717, 1.165) is 12.8 Å². The number of hydrogen-bond acceptors (Lipinski definition) is 2. The fraction of sp³-hybridized carbons (Fsp3) is 0.375. The fourth-order valence-electron chi connectivity index (χ4n) is 2.58. The number of carbonyl (C=O) groups is 1. The SMILES string of the molecule is O=C(CCn1nc(C(F)(F)F)c(Br)c1C1CC1)Nc1c(Cl)cccc1Cl. The Hall–Kier alpha value is -1.25. The van der Waals surface area contributed by atoms with Crippen molar-refractivity contribution in [3.63, 3.8) is 0 Å². The van der Waals surface area contributed by atoms with Crippen molar-refractivity contribution in [3.8, 4) is 0 Å². The van der Waals surface area contributed by atoms with Gasteiger partial charge in [0.25, 0.3) is 0 Å².